The van der Waals surface area contributed by atoms with Gasteiger partial charge in [0.2, 0.25) is 0 Å². The van der Waals surface area contributed by atoms with Crippen molar-refractivity contribution in [2.45, 2.75) is 32.3 Å². The number of halogens is 3. The molecule has 0 radical (unpaired) electrons. The molecule has 0 aliphatic carbocycles. The van der Waals surface area contributed by atoms with E-state index in [0.717, 1.165) is 18.2 Å². The maximum Gasteiger partial charge on any atom is 0.344 e. The minimum atomic E-state index is -3.18. The summed E-state index contributed by atoms with van der Waals surface area (Å²) in [5.74, 6) is -5.93. The fourth-order valence-corrected chi connectivity index (χ4v) is 1.58. The lowest BCUT2D eigenvalue weighted by atomic mass is 9.99. The van der Waals surface area contributed by atoms with Crippen molar-refractivity contribution in [1.82, 2.24) is 0 Å². The number of carboxylic acids is 1. The monoisotopic (exact) mass is 288 g/mol. The number of hydrogen-bond acceptors (Lipinski definition) is 2. The molecule has 0 aromatic heterocycles. The number of rotatable bonds is 6. The minimum Gasteiger partial charge on any atom is -0.479 e. The Morgan fingerprint density at radius 1 is 1.55 bits per heavy atom. The van der Waals surface area contributed by atoms with Gasteiger partial charge in [0.15, 0.2) is 17.7 Å². The van der Waals surface area contributed by atoms with Crippen molar-refractivity contribution in [2.75, 3.05) is 0 Å². The molecule has 1 atom stereocenters. The van der Waals surface area contributed by atoms with Gasteiger partial charge in [0.1, 0.15) is 0 Å². The van der Waals surface area contributed by atoms with Crippen molar-refractivity contribution in [1.29, 1.82) is 0 Å². The molecule has 0 aliphatic rings. The average Bonchev–Trinajstić information content (AvgIpc) is 2.40. The van der Waals surface area contributed by atoms with Crippen LogP contribution in [-0.4, -0.2) is 17.2 Å². The van der Waals surface area contributed by atoms with E-state index in [2.05, 4.69) is 6.58 Å². The van der Waals surface area contributed by atoms with Crippen molar-refractivity contribution in [3.63, 3.8) is 0 Å². The van der Waals surface area contributed by atoms with E-state index < -0.39 is 41.5 Å². The first kappa shape index (κ1) is 16.1. The lowest BCUT2D eigenvalue weighted by Crippen LogP contribution is -2.24. The second-order valence-electron chi connectivity index (χ2n) is 4.23. The number of hydrogen-bond donors (Lipinski definition) is 1. The third-order valence-electron chi connectivity index (χ3n) is 2.81. The predicted molar refractivity (Wildman–Crippen MR) is 68.4 cm³/mol. The topological polar surface area (TPSA) is 46.5 Å². The Morgan fingerprint density at radius 3 is 2.60 bits per heavy atom. The van der Waals surface area contributed by atoms with Crippen LogP contribution < -0.4 is 4.74 Å². The molecule has 1 aromatic carbocycles. The van der Waals surface area contributed by atoms with E-state index in [1.165, 1.54) is 13.8 Å². The minimum absolute atomic E-state index is 0.0512. The molecule has 0 aliphatic heterocycles. The van der Waals surface area contributed by atoms with E-state index in [4.69, 9.17) is 9.84 Å². The van der Waals surface area contributed by atoms with E-state index >= 15 is 0 Å². The summed E-state index contributed by atoms with van der Waals surface area (Å²) < 4.78 is 46.2. The second kappa shape index (κ2) is 5.98. The largest absolute Gasteiger partial charge is 0.479 e. The normalized spacial score (nSPS) is 12.8. The molecule has 1 rings (SSSR count). The van der Waals surface area contributed by atoms with E-state index in [1.54, 1.807) is 0 Å². The molecular formula is C14H15F3O3. The first-order valence-corrected chi connectivity index (χ1v) is 5.96. The Bertz CT molecular complexity index is 527. The Hall–Kier alpha value is -1.98. The number of ether oxygens (including phenoxy) is 1. The Kier molecular flexibility index (Phi) is 4.81. The van der Waals surface area contributed by atoms with Crippen LogP contribution >= 0.6 is 0 Å². The summed E-state index contributed by atoms with van der Waals surface area (Å²) in [6, 6.07) is 1.69. The fraction of sp³-hybridized carbons (Fsp3) is 0.357. The fourth-order valence-electron chi connectivity index (χ4n) is 1.58. The zero-order valence-electron chi connectivity index (χ0n) is 11.1. The van der Waals surface area contributed by atoms with Crippen molar-refractivity contribution >= 4 is 12.0 Å². The molecule has 0 saturated heterocycles. The molecule has 0 spiro atoms. The molecule has 20 heavy (non-hydrogen) atoms. The van der Waals surface area contributed by atoms with Crippen LogP contribution in [0.4, 0.5) is 13.2 Å². The van der Waals surface area contributed by atoms with E-state index in [0.29, 0.717) is 0 Å². The SMILES string of the molecule is C=Cc1cc(F)c(O[C@@H](C)C(=O)O)cc1C(F)(F)CC. The Balaban J connectivity index is 3.31. The van der Waals surface area contributed by atoms with Gasteiger partial charge < -0.3 is 9.84 Å². The molecular weight excluding hydrogens is 273 g/mol. The third-order valence-corrected chi connectivity index (χ3v) is 2.81. The van der Waals surface area contributed by atoms with E-state index in [1.807, 2.05) is 0 Å². The highest BCUT2D eigenvalue weighted by Crippen LogP contribution is 2.37. The summed E-state index contributed by atoms with van der Waals surface area (Å²) >= 11 is 0. The van der Waals surface area contributed by atoms with Crippen molar-refractivity contribution < 1.29 is 27.8 Å². The van der Waals surface area contributed by atoms with Gasteiger partial charge in [0.25, 0.3) is 5.92 Å². The van der Waals surface area contributed by atoms with Crippen LogP contribution in [0.25, 0.3) is 6.08 Å². The van der Waals surface area contributed by atoms with Gasteiger partial charge in [-0.2, -0.15) is 0 Å². The molecule has 1 aromatic rings. The first-order chi connectivity index (χ1) is 9.22. The zero-order valence-corrected chi connectivity index (χ0v) is 11.1. The first-order valence-electron chi connectivity index (χ1n) is 5.96. The van der Waals surface area contributed by atoms with Crippen LogP contribution in [-0.2, 0) is 10.7 Å². The standard InChI is InChI=1S/C14H15F3O3/c1-4-9-6-11(15)12(20-8(3)13(18)19)7-10(9)14(16,17)5-2/h4,6-8H,1,5H2,2-3H3,(H,18,19)/t8-/m0/s1. The van der Waals surface area contributed by atoms with Crippen molar-refractivity contribution in [3.8, 4) is 5.75 Å². The molecule has 0 heterocycles. The molecule has 0 fully saturated rings. The lowest BCUT2D eigenvalue weighted by molar-refractivity contribution is -0.144. The van der Waals surface area contributed by atoms with Gasteiger partial charge in [0.05, 0.1) is 0 Å². The van der Waals surface area contributed by atoms with Gasteiger partial charge in [-0.3, -0.25) is 0 Å². The summed E-state index contributed by atoms with van der Waals surface area (Å²) in [4.78, 5) is 10.7. The van der Waals surface area contributed by atoms with Gasteiger partial charge in [-0.05, 0) is 24.6 Å². The lowest BCUT2D eigenvalue weighted by Gasteiger charge is -2.20. The van der Waals surface area contributed by atoms with E-state index in [-0.39, 0.29) is 5.56 Å². The molecule has 0 bridgehead atoms. The molecule has 0 unspecified atom stereocenters. The summed E-state index contributed by atoms with van der Waals surface area (Å²) in [5, 5.41) is 8.70. The Morgan fingerprint density at radius 2 is 2.15 bits per heavy atom. The average molecular weight is 288 g/mol. The third kappa shape index (κ3) is 3.31. The number of benzene rings is 1. The smallest absolute Gasteiger partial charge is 0.344 e. The van der Waals surface area contributed by atoms with Crippen LogP contribution in [0.3, 0.4) is 0 Å². The number of carbonyl (C=O) groups is 1. The highest BCUT2D eigenvalue weighted by molar-refractivity contribution is 5.72. The molecule has 110 valence electrons. The molecule has 3 nitrogen and oxygen atoms in total. The number of aliphatic carboxylic acids is 1. The summed E-state index contributed by atoms with van der Waals surface area (Å²) in [7, 11) is 0. The zero-order chi connectivity index (χ0) is 15.5. The maximum atomic E-state index is 13.8. The maximum absolute atomic E-state index is 13.8. The van der Waals surface area contributed by atoms with Crippen molar-refractivity contribution in [3.05, 3.63) is 35.7 Å². The van der Waals surface area contributed by atoms with Crippen molar-refractivity contribution in [2.24, 2.45) is 0 Å². The van der Waals surface area contributed by atoms with Gasteiger partial charge in [-0.25, -0.2) is 18.0 Å². The summed E-state index contributed by atoms with van der Waals surface area (Å²) in [6.45, 7) is 5.83. The van der Waals surface area contributed by atoms with Gasteiger partial charge >= 0.3 is 5.97 Å². The molecule has 6 heteroatoms. The van der Waals surface area contributed by atoms with Crippen LogP contribution in [0.15, 0.2) is 18.7 Å². The molecule has 1 N–H and O–H groups in total. The van der Waals surface area contributed by atoms with E-state index in [9.17, 15) is 18.0 Å². The van der Waals surface area contributed by atoms with Crippen LogP contribution in [0.5, 0.6) is 5.75 Å². The van der Waals surface area contributed by atoms with Gasteiger partial charge in [0, 0.05) is 12.0 Å². The second-order valence-corrected chi connectivity index (χ2v) is 4.23. The van der Waals surface area contributed by atoms with Gasteiger partial charge in [-0.1, -0.05) is 19.6 Å². The molecule has 0 amide bonds. The highest BCUT2D eigenvalue weighted by atomic mass is 19.3. The van der Waals surface area contributed by atoms with Crippen LogP contribution in [0.1, 0.15) is 31.4 Å². The number of carboxylic acid groups (broad SMARTS) is 1. The van der Waals surface area contributed by atoms with Crippen LogP contribution in [0.2, 0.25) is 0 Å². The Labute approximate surface area is 114 Å². The quantitative estimate of drug-likeness (QED) is 0.865. The van der Waals surface area contributed by atoms with Crippen LogP contribution in [0, 0.1) is 5.82 Å². The molecule has 0 saturated carbocycles. The van der Waals surface area contributed by atoms with Gasteiger partial charge in [-0.15, -0.1) is 0 Å². The summed E-state index contributed by atoms with van der Waals surface area (Å²) in [6.07, 6.45) is -0.707. The number of alkyl halides is 2. The highest BCUT2D eigenvalue weighted by Gasteiger charge is 2.32. The predicted octanol–water partition coefficient (Wildman–Crippen LogP) is 3.82. The summed E-state index contributed by atoms with van der Waals surface area (Å²) in [5.41, 5.74) is -0.492.